The molecule has 0 spiro atoms. The summed E-state index contributed by atoms with van der Waals surface area (Å²) < 4.78 is 0. The van der Waals surface area contributed by atoms with Gasteiger partial charge in [0.05, 0.1) is 29.5 Å². The van der Waals surface area contributed by atoms with Crippen molar-refractivity contribution in [1.82, 2.24) is 25.2 Å². The lowest BCUT2D eigenvalue weighted by Gasteiger charge is -2.34. The molecule has 4 heterocycles. The molecule has 0 saturated carbocycles. The Morgan fingerprint density at radius 3 is 2.68 bits per heavy atom. The van der Waals surface area contributed by atoms with Gasteiger partial charge in [0.15, 0.2) is 0 Å². The Bertz CT molecular complexity index is 1190. The second-order valence-electron chi connectivity index (χ2n) is 7.49. The summed E-state index contributed by atoms with van der Waals surface area (Å²) in [6.45, 7) is 3.98. The van der Waals surface area contributed by atoms with E-state index in [9.17, 15) is 14.4 Å². The van der Waals surface area contributed by atoms with Gasteiger partial charge in [-0.3, -0.25) is 24.3 Å². The van der Waals surface area contributed by atoms with E-state index in [1.165, 1.54) is 0 Å². The lowest BCUT2D eigenvalue weighted by molar-refractivity contribution is -0.121. The van der Waals surface area contributed by atoms with Crippen LogP contribution in [0.15, 0.2) is 41.5 Å². The fraction of sp³-hybridized carbons (Fsp3) is 0.318. The number of anilines is 1. The number of hydrogen-bond acceptors (Lipinski definition) is 6. The molecule has 0 radical (unpaired) electrons. The van der Waals surface area contributed by atoms with Crippen molar-refractivity contribution in [3.8, 4) is 0 Å². The average molecular weight is 420 g/mol. The average Bonchev–Trinajstić information content (AvgIpc) is 2.78. The first-order valence-electron chi connectivity index (χ1n) is 10.2. The predicted molar refractivity (Wildman–Crippen MR) is 117 cm³/mol. The molecule has 0 atom stereocenters. The van der Waals surface area contributed by atoms with Gasteiger partial charge in [0.2, 0.25) is 5.91 Å². The quantitative estimate of drug-likeness (QED) is 0.639. The Labute approximate surface area is 179 Å². The summed E-state index contributed by atoms with van der Waals surface area (Å²) in [4.78, 5) is 51.7. The highest BCUT2D eigenvalue weighted by Crippen LogP contribution is 2.19. The highest BCUT2D eigenvalue weighted by atomic mass is 16.2. The molecule has 3 aromatic rings. The third kappa shape index (κ3) is 4.31. The molecule has 2 N–H and O–H groups in total. The van der Waals surface area contributed by atoms with Crippen molar-refractivity contribution in [2.24, 2.45) is 0 Å². The third-order valence-electron chi connectivity index (χ3n) is 5.43. The van der Waals surface area contributed by atoms with Crippen molar-refractivity contribution in [1.29, 1.82) is 0 Å². The van der Waals surface area contributed by atoms with Gasteiger partial charge in [-0.2, -0.15) is 0 Å². The van der Waals surface area contributed by atoms with Crippen LogP contribution in [0.1, 0.15) is 28.5 Å². The molecular formula is C22H24N6O3. The minimum Gasteiger partial charge on any atom is -0.354 e. The van der Waals surface area contributed by atoms with Crippen LogP contribution in [0.2, 0.25) is 0 Å². The number of piperazine rings is 1. The predicted octanol–water partition coefficient (Wildman–Crippen LogP) is 1.09. The molecule has 0 unspecified atom stereocenters. The Kier molecular flexibility index (Phi) is 5.77. The largest absolute Gasteiger partial charge is 0.354 e. The number of fused-ring (bicyclic) bond motifs is 1. The molecule has 9 heteroatoms. The van der Waals surface area contributed by atoms with Gasteiger partial charge in [0.25, 0.3) is 11.5 Å². The van der Waals surface area contributed by atoms with E-state index in [-0.39, 0.29) is 23.9 Å². The molecule has 4 rings (SSSR count). The van der Waals surface area contributed by atoms with E-state index in [4.69, 9.17) is 0 Å². The second-order valence-corrected chi connectivity index (χ2v) is 7.49. The first-order chi connectivity index (χ1) is 15.0. The molecule has 160 valence electrons. The number of amides is 2. The maximum atomic E-state index is 12.7. The van der Waals surface area contributed by atoms with Crippen LogP contribution in [0, 0.1) is 0 Å². The van der Waals surface area contributed by atoms with E-state index < -0.39 is 0 Å². The van der Waals surface area contributed by atoms with Gasteiger partial charge in [-0.15, -0.1) is 0 Å². The van der Waals surface area contributed by atoms with Gasteiger partial charge in [-0.05, 0) is 36.2 Å². The minimum atomic E-state index is -0.265. The van der Waals surface area contributed by atoms with Crippen molar-refractivity contribution in [2.75, 3.05) is 31.6 Å². The normalized spacial score (nSPS) is 14.8. The summed E-state index contributed by atoms with van der Waals surface area (Å²) in [6.07, 6.45) is 4.00. The van der Waals surface area contributed by atoms with Crippen molar-refractivity contribution in [3.63, 3.8) is 0 Å². The number of carbonyl (C=O) groups is 2. The molecule has 1 aliphatic heterocycles. The Balaban J connectivity index is 1.44. The van der Waals surface area contributed by atoms with Crippen LogP contribution in [0.4, 0.5) is 5.69 Å². The molecule has 9 nitrogen and oxygen atoms in total. The van der Waals surface area contributed by atoms with Gasteiger partial charge >= 0.3 is 0 Å². The van der Waals surface area contributed by atoms with Gasteiger partial charge < -0.3 is 15.2 Å². The van der Waals surface area contributed by atoms with Crippen LogP contribution in [0.25, 0.3) is 11.0 Å². The molecule has 2 amide bonds. The summed E-state index contributed by atoms with van der Waals surface area (Å²) >= 11 is 0. The van der Waals surface area contributed by atoms with Crippen LogP contribution < -0.4 is 15.8 Å². The molecule has 1 saturated heterocycles. The highest BCUT2D eigenvalue weighted by Gasteiger charge is 2.25. The maximum Gasteiger partial charge on any atom is 0.269 e. The van der Waals surface area contributed by atoms with Crippen LogP contribution in [0.5, 0.6) is 0 Å². The van der Waals surface area contributed by atoms with Gasteiger partial charge in [-0.1, -0.05) is 6.92 Å². The molecule has 31 heavy (non-hydrogen) atoms. The Morgan fingerprint density at radius 2 is 2.00 bits per heavy atom. The van der Waals surface area contributed by atoms with E-state index in [1.54, 1.807) is 36.5 Å². The maximum absolute atomic E-state index is 12.7. The van der Waals surface area contributed by atoms with Gasteiger partial charge in [0, 0.05) is 38.4 Å². The number of rotatable bonds is 5. The first-order valence-corrected chi connectivity index (χ1v) is 10.2. The monoisotopic (exact) mass is 420 g/mol. The van der Waals surface area contributed by atoms with E-state index in [2.05, 4.69) is 20.3 Å². The van der Waals surface area contributed by atoms with Gasteiger partial charge in [-0.25, -0.2) is 4.98 Å². The number of hydrogen-bond donors (Lipinski definition) is 2. The Morgan fingerprint density at radius 1 is 1.16 bits per heavy atom. The van der Waals surface area contributed by atoms with E-state index in [0.717, 1.165) is 11.1 Å². The molecule has 0 bridgehead atoms. The fourth-order valence-corrected chi connectivity index (χ4v) is 3.71. The third-order valence-corrected chi connectivity index (χ3v) is 5.43. The van der Waals surface area contributed by atoms with Crippen LogP contribution in [0.3, 0.4) is 0 Å². The van der Waals surface area contributed by atoms with Gasteiger partial charge in [0.1, 0.15) is 5.69 Å². The van der Waals surface area contributed by atoms with Crippen LogP contribution in [-0.4, -0.2) is 58.3 Å². The molecule has 1 fully saturated rings. The minimum absolute atomic E-state index is 0.0320. The summed E-state index contributed by atoms with van der Waals surface area (Å²) in [6, 6.07) is 7.09. The lowest BCUT2D eigenvalue weighted by Crippen LogP contribution is -2.50. The zero-order valence-corrected chi connectivity index (χ0v) is 17.5. The summed E-state index contributed by atoms with van der Waals surface area (Å²) in [7, 11) is 1.55. The topological polar surface area (TPSA) is 111 Å². The van der Waals surface area contributed by atoms with Crippen LogP contribution >= 0.6 is 0 Å². The zero-order chi connectivity index (χ0) is 22.0. The molecule has 0 aliphatic carbocycles. The van der Waals surface area contributed by atoms with Crippen LogP contribution in [-0.2, 0) is 17.8 Å². The highest BCUT2D eigenvalue weighted by molar-refractivity contribution is 5.96. The second kappa shape index (κ2) is 8.65. The molecule has 0 aromatic carbocycles. The Hall–Kier alpha value is -3.59. The molecule has 1 aliphatic rings. The summed E-state index contributed by atoms with van der Waals surface area (Å²) in [5.74, 6) is -0.297. The van der Waals surface area contributed by atoms with E-state index in [0.29, 0.717) is 48.5 Å². The number of aromatic amines is 1. The first kappa shape index (κ1) is 20.7. The number of carbonyl (C=O) groups excluding carboxylic acids is 2. The standard InChI is InChI=1S/C22H24N6O3/c1-3-15-9-18-19(26-21(15)30)8-14(10-24-18)12-27-6-7-28(20(29)13-27)16-4-5-17(25-11-16)22(31)23-2/h4-5,8-11H,3,6-7,12-13H2,1-2H3,(H,23,31)(H,26,30). The zero-order valence-electron chi connectivity index (χ0n) is 17.5. The smallest absolute Gasteiger partial charge is 0.269 e. The summed E-state index contributed by atoms with van der Waals surface area (Å²) in [5, 5.41) is 2.52. The van der Waals surface area contributed by atoms with Crippen molar-refractivity contribution < 1.29 is 9.59 Å². The van der Waals surface area contributed by atoms with E-state index >= 15 is 0 Å². The molecule has 3 aromatic heterocycles. The molecular weight excluding hydrogens is 396 g/mol. The SMILES string of the molecule is CCc1cc2ncc(CN3CCN(c4ccc(C(=O)NC)nc4)C(=O)C3)cc2[nH]c1=O. The number of aryl methyl sites for hydroxylation is 1. The van der Waals surface area contributed by atoms with E-state index in [1.807, 2.05) is 24.0 Å². The number of nitrogens with zero attached hydrogens (tertiary/aromatic N) is 4. The van der Waals surface area contributed by atoms with Crippen molar-refractivity contribution in [3.05, 3.63) is 63.8 Å². The van der Waals surface area contributed by atoms with Crippen molar-refractivity contribution >= 4 is 28.5 Å². The fourth-order valence-electron chi connectivity index (χ4n) is 3.71. The lowest BCUT2D eigenvalue weighted by atomic mass is 10.1. The number of pyridine rings is 3. The number of aromatic nitrogens is 3. The summed E-state index contributed by atoms with van der Waals surface area (Å²) in [5.41, 5.74) is 4.01. The number of nitrogens with one attached hydrogen (secondary N) is 2. The number of H-pyrrole nitrogens is 1. The van der Waals surface area contributed by atoms with Crippen molar-refractivity contribution in [2.45, 2.75) is 19.9 Å².